The van der Waals surface area contributed by atoms with Gasteiger partial charge in [0.15, 0.2) is 0 Å². The van der Waals surface area contributed by atoms with Gasteiger partial charge in [0.25, 0.3) is 0 Å². The number of nitrogens with zero attached hydrogens (tertiary/aromatic N) is 5. The highest BCUT2D eigenvalue weighted by molar-refractivity contribution is 5.11. The van der Waals surface area contributed by atoms with E-state index in [1.54, 1.807) is 0 Å². The van der Waals surface area contributed by atoms with Gasteiger partial charge in [-0.2, -0.15) is 0 Å². The lowest BCUT2D eigenvalue weighted by atomic mass is 9.70. The Balaban J connectivity index is 1.46. The Labute approximate surface area is 155 Å². The van der Waals surface area contributed by atoms with E-state index in [0.717, 1.165) is 50.2 Å². The van der Waals surface area contributed by atoms with Crippen LogP contribution >= 0.6 is 0 Å². The van der Waals surface area contributed by atoms with Crippen molar-refractivity contribution >= 4 is 0 Å². The topological polar surface area (TPSA) is 58.3 Å². The second-order valence-electron chi connectivity index (χ2n) is 8.34. The summed E-state index contributed by atoms with van der Waals surface area (Å²) in [6.45, 7) is 9.48. The summed E-state index contributed by atoms with van der Waals surface area (Å²) in [5.41, 5.74) is 1.41. The Morgan fingerprint density at radius 3 is 2.69 bits per heavy atom. The lowest BCUT2D eigenvalue weighted by Gasteiger charge is -2.41. The van der Waals surface area contributed by atoms with Gasteiger partial charge in [0.1, 0.15) is 0 Å². The zero-order valence-electron chi connectivity index (χ0n) is 16.1. The molecule has 0 radical (unpaired) electrons. The van der Waals surface area contributed by atoms with Crippen molar-refractivity contribution in [1.82, 2.24) is 25.0 Å². The molecule has 0 aliphatic carbocycles. The van der Waals surface area contributed by atoms with Crippen LogP contribution in [0.4, 0.5) is 0 Å². The summed E-state index contributed by atoms with van der Waals surface area (Å²) in [6, 6.07) is 6.16. The monoisotopic (exact) mass is 355 g/mol. The van der Waals surface area contributed by atoms with Gasteiger partial charge >= 0.3 is 0 Å². The fourth-order valence-corrected chi connectivity index (χ4v) is 4.56. The third-order valence-electron chi connectivity index (χ3n) is 6.03. The molecule has 0 saturated carbocycles. The van der Waals surface area contributed by atoms with Crippen LogP contribution in [0.2, 0.25) is 0 Å². The molecule has 140 valence electrons. The zero-order chi connectivity index (χ0) is 18.1. The lowest BCUT2D eigenvalue weighted by molar-refractivity contribution is 0.0865. The first-order chi connectivity index (χ1) is 12.6. The fourth-order valence-electron chi connectivity index (χ4n) is 4.56. The van der Waals surface area contributed by atoms with E-state index in [2.05, 4.69) is 58.0 Å². The molecule has 2 fully saturated rings. The number of aromatic nitrogens is 3. The van der Waals surface area contributed by atoms with Crippen LogP contribution in [-0.4, -0.2) is 58.2 Å². The third kappa shape index (κ3) is 3.40. The van der Waals surface area contributed by atoms with Gasteiger partial charge in [-0.1, -0.05) is 19.9 Å². The van der Waals surface area contributed by atoms with Crippen LogP contribution in [-0.2, 0) is 6.54 Å². The highest BCUT2D eigenvalue weighted by Crippen LogP contribution is 2.49. The summed E-state index contributed by atoms with van der Waals surface area (Å²) in [7, 11) is 2.21. The van der Waals surface area contributed by atoms with E-state index < -0.39 is 0 Å². The SMILES string of the molecule is CC(C)c1nnc(C2CN(C)CC23CCN(Cc2ccccn2)CC3)o1. The van der Waals surface area contributed by atoms with Crippen molar-refractivity contribution in [1.29, 1.82) is 0 Å². The molecule has 26 heavy (non-hydrogen) atoms. The number of piperidine rings is 1. The van der Waals surface area contributed by atoms with Crippen LogP contribution in [0.15, 0.2) is 28.8 Å². The summed E-state index contributed by atoms with van der Waals surface area (Å²) in [5.74, 6) is 2.24. The standard InChI is InChI=1S/C20H29N5O/c1-15(2)18-22-23-19(26-18)17-13-24(3)14-20(17)7-10-25(11-8-20)12-16-6-4-5-9-21-16/h4-6,9,15,17H,7-8,10-14H2,1-3H3. The van der Waals surface area contributed by atoms with Crippen LogP contribution < -0.4 is 0 Å². The first-order valence-electron chi connectivity index (χ1n) is 9.70. The van der Waals surface area contributed by atoms with E-state index in [1.165, 1.54) is 12.8 Å². The number of likely N-dealkylation sites (N-methyl/N-ethyl adjacent to an activating group) is 1. The van der Waals surface area contributed by atoms with Crippen LogP contribution in [0.1, 0.15) is 56.0 Å². The molecule has 2 aliphatic rings. The second kappa shape index (κ2) is 7.08. The van der Waals surface area contributed by atoms with E-state index in [-0.39, 0.29) is 11.3 Å². The van der Waals surface area contributed by atoms with Gasteiger partial charge in [-0.05, 0) is 50.5 Å². The first-order valence-corrected chi connectivity index (χ1v) is 9.70. The maximum absolute atomic E-state index is 6.05. The van der Waals surface area contributed by atoms with Crippen LogP contribution in [0.3, 0.4) is 0 Å². The molecule has 2 saturated heterocycles. The highest BCUT2D eigenvalue weighted by Gasteiger charge is 2.49. The van der Waals surface area contributed by atoms with Crippen molar-refractivity contribution in [2.24, 2.45) is 5.41 Å². The average molecular weight is 355 g/mol. The molecule has 6 heteroatoms. The highest BCUT2D eigenvalue weighted by atomic mass is 16.4. The Morgan fingerprint density at radius 1 is 1.23 bits per heavy atom. The summed E-state index contributed by atoms with van der Waals surface area (Å²) in [6.07, 6.45) is 4.23. The lowest BCUT2D eigenvalue weighted by Crippen LogP contribution is -2.43. The molecule has 2 aromatic heterocycles. The van der Waals surface area contributed by atoms with E-state index in [9.17, 15) is 0 Å². The quantitative estimate of drug-likeness (QED) is 0.840. The van der Waals surface area contributed by atoms with E-state index in [4.69, 9.17) is 4.42 Å². The number of likely N-dealkylation sites (tertiary alicyclic amines) is 2. The molecule has 0 aromatic carbocycles. The minimum atomic E-state index is 0.260. The molecule has 2 aromatic rings. The average Bonchev–Trinajstić information content (AvgIpc) is 3.23. The van der Waals surface area contributed by atoms with E-state index >= 15 is 0 Å². The van der Waals surface area contributed by atoms with Gasteiger partial charge in [0.05, 0.1) is 11.6 Å². The molecule has 0 N–H and O–H groups in total. The number of rotatable bonds is 4. The van der Waals surface area contributed by atoms with Crippen LogP contribution in [0.5, 0.6) is 0 Å². The molecule has 1 spiro atoms. The summed E-state index contributed by atoms with van der Waals surface area (Å²) in [5, 5.41) is 8.70. The third-order valence-corrected chi connectivity index (χ3v) is 6.03. The molecule has 0 bridgehead atoms. The van der Waals surface area contributed by atoms with Crippen molar-refractivity contribution in [3.8, 4) is 0 Å². The van der Waals surface area contributed by atoms with Gasteiger partial charge in [0, 0.05) is 31.7 Å². The minimum absolute atomic E-state index is 0.260. The number of pyridine rings is 1. The molecule has 1 atom stereocenters. The largest absolute Gasteiger partial charge is 0.425 e. The molecular weight excluding hydrogens is 326 g/mol. The number of hydrogen-bond acceptors (Lipinski definition) is 6. The number of hydrogen-bond donors (Lipinski definition) is 0. The Hall–Kier alpha value is -1.79. The van der Waals surface area contributed by atoms with E-state index in [0.29, 0.717) is 5.92 Å². The maximum atomic E-state index is 6.05. The van der Waals surface area contributed by atoms with Crippen molar-refractivity contribution in [2.75, 3.05) is 33.2 Å². The first kappa shape index (κ1) is 17.6. The molecule has 4 rings (SSSR count). The minimum Gasteiger partial charge on any atom is -0.425 e. The molecule has 1 unspecified atom stereocenters. The maximum Gasteiger partial charge on any atom is 0.221 e. The smallest absolute Gasteiger partial charge is 0.221 e. The summed E-state index contributed by atoms with van der Waals surface area (Å²) >= 11 is 0. The van der Waals surface area contributed by atoms with Gasteiger partial charge in [-0.3, -0.25) is 9.88 Å². The van der Waals surface area contributed by atoms with Gasteiger partial charge < -0.3 is 9.32 Å². The zero-order valence-corrected chi connectivity index (χ0v) is 16.1. The van der Waals surface area contributed by atoms with Crippen molar-refractivity contribution in [3.63, 3.8) is 0 Å². The van der Waals surface area contributed by atoms with Gasteiger partial charge in [-0.25, -0.2) is 0 Å². The Bertz CT molecular complexity index is 721. The molecule has 2 aliphatic heterocycles. The predicted octanol–water partition coefficient (Wildman–Crippen LogP) is 2.90. The molecule has 4 heterocycles. The summed E-state index contributed by atoms with van der Waals surface area (Å²) < 4.78 is 6.05. The Morgan fingerprint density at radius 2 is 2.04 bits per heavy atom. The molecular formula is C20H29N5O. The summed E-state index contributed by atoms with van der Waals surface area (Å²) in [4.78, 5) is 9.43. The fraction of sp³-hybridized carbons (Fsp3) is 0.650. The van der Waals surface area contributed by atoms with Crippen molar-refractivity contribution in [2.45, 2.75) is 45.1 Å². The second-order valence-corrected chi connectivity index (χ2v) is 8.34. The normalized spacial score (nSPS) is 23.9. The van der Waals surface area contributed by atoms with Gasteiger partial charge in [0.2, 0.25) is 11.8 Å². The van der Waals surface area contributed by atoms with Crippen LogP contribution in [0, 0.1) is 5.41 Å². The molecule has 0 amide bonds. The van der Waals surface area contributed by atoms with Crippen molar-refractivity contribution < 1.29 is 4.42 Å². The van der Waals surface area contributed by atoms with E-state index in [1.807, 2.05) is 12.3 Å². The van der Waals surface area contributed by atoms with Crippen molar-refractivity contribution in [3.05, 3.63) is 41.9 Å². The van der Waals surface area contributed by atoms with Crippen LogP contribution in [0.25, 0.3) is 0 Å². The van der Waals surface area contributed by atoms with Gasteiger partial charge in [-0.15, -0.1) is 10.2 Å². The Kier molecular flexibility index (Phi) is 4.80. The molecule has 6 nitrogen and oxygen atoms in total. The predicted molar refractivity (Wildman–Crippen MR) is 99.8 cm³/mol.